The van der Waals surface area contributed by atoms with Crippen LogP contribution in [0.2, 0.25) is 5.02 Å². The van der Waals surface area contributed by atoms with E-state index in [1.807, 2.05) is 0 Å². The van der Waals surface area contributed by atoms with E-state index in [2.05, 4.69) is 15.0 Å². The number of methoxy groups -OCH3 is 1. The Morgan fingerprint density at radius 2 is 1.70 bits per heavy atom. The Labute approximate surface area is 178 Å². The van der Waals surface area contributed by atoms with Crippen molar-refractivity contribution in [3.8, 4) is 5.75 Å². The summed E-state index contributed by atoms with van der Waals surface area (Å²) in [6.07, 6.45) is 0. The van der Waals surface area contributed by atoms with Crippen molar-refractivity contribution < 1.29 is 17.9 Å². The molecular formula is C21H16ClN3O4S. The Morgan fingerprint density at radius 1 is 1.00 bits per heavy atom. The van der Waals surface area contributed by atoms with Crippen LogP contribution in [-0.2, 0) is 10.0 Å². The molecule has 0 saturated carbocycles. The van der Waals surface area contributed by atoms with Gasteiger partial charge in [-0.15, -0.1) is 4.40 Å². The number of benzene rings is 3. The van der Waals surface area contributed by atoms with E-state index in [4.69, 9.17) is 16.3 Å². The number of ether oxygens (including phenoxy) is 1. The highest BCUT2D eigenvalue weighted by atomic mass is 35.5. The van der Waals surface area contributed by atoms with Crippen LogP contribution in [0.4, 0.5) is 11.4 Å². The lowest BCUT2D eigenvalue weighted by Crippen LogP contribution is -2.13. The van der Waals surface area contributed by atoms with E-state index in [1.54, 1.807) is 60.7 Å². The molecule has 2 N–H and O–H groups in total. The van der Waals surface area contributed by atoms with Gasteiger partial charge in [0.1, 0.15) is 10.6 Å². The number of halogens is 1. The topological polar surface area (TPSA) is 96.9 Å². The molecule has 0 atom stereocenters. The number of carbonyl (C=O) groups excluding carboxylic acids is 1. The highest BCUT2D eigenvalue weighted by Crippen LogP contribution is 2.28. The molecule has 0 aliphatic carbocycles. The summed E-state index contributed by atoms with van der Waals surface area (Å²) in [7, 11) is -2.18. The Bertz CT molecular complexity index is 1270. The Kier molecular flexibility index (Phi) is 5.19. The summed E-state index contributed by atoms with van der Waals surface area (Å²) in [5.74, 6) is 0.452. The van der Waals surface area contributed by atoms with Crippen LogP contribution >= 0.6 is 11.6 Å². The fourth-order valence-electron chi connectivity index (χ4n) is 2.98. The van der Waals surface area contributed by atoms with E-state index >= 15 is 0 Å². The lowest BCUT2D eigenvalue weighted by Gasteiger charge is -2.09. The number of hydrogen-bond acceptors (Lipinski definition) is 5. The molecule has 1 heterocycles. The van der Waals surface area contributed by atoms with Gasteiger partial charge in [-0.25, -0.2) is 0 Å². The lowest BCUT2D eigenvalue weighted by molar-refractivity contribution is 0.102. The summed E-state index contributed by atoms with van der Waals surface area (Å²) in [5, 5.41) is 6.15. The molecule has 1 aliphatic heterocycles. The van der Waals surface area contributed by atoms with Gasteiger partial charge in [0.15, 0.2) is 5.84 Å². The predicted octanol–water partition coefficient (Wildman–Crippen LogP) is 4.16. The second-order valence-electron chi connectivity index (χ2n) is 6.42. The van der Waals surface area contributed by atoms with E-state index in [-0.39, 0.29) is 16.6 Å². The van der Waals surface area contributed by atoms with E-state index in [0.29, 0.717) is 33.3 Å². The molecule has 30 heavy (non-hydrogen) atoms. The van der Waals surface area contributed by atoms with Gasteiger partial charge in [-0.05, 0) is 54.6 Å². The molecule has 0 unspecified atom stereocenters. The van der Waals surface area contributed by atoms with Gasteiger partial charge in [-0.2, -0.15) is 8.42 Å². The number of rotatable bonds is 4. The van der Waals surface area contributed by atoms with Crippen molar-refractivity contribution in [3.63, 3.8) is 0 Å². The van der Waals surface area contributed by atoms with Gasteiger partial charge in [-0.1, -0.05) is 23.7 Å². The second-order valence-corrected chi connectivity index (χ2v) is 8.40. The van der Waals surface area contributed by atoms with Crippen LogP contribution in [0.15, 0.2) is 76.0 Å². The van der Waals surface area contributed by atoms with Gasteiger partial charge in [0.05, 0.1) is 12.1 Å². The zero-order chi connectivity index (χ0) is 21.3. The van der Waals surface area contributed by atoms with Crippen molar-refractivity contribution in [2.75, 3.05) is 17.7 Å². The van der Waals surface area contributed by atoms with Crippen molar-refractivity contribution in [2.24, 2.45) is 4.40 Å². The standard InChI is InChI=1S/C21H16ClN3O4S/c1-29-18-11-10-15(12-17(18)22)24-21(26)13-6-8-14(9-7-13)23-20-16-4-2-3-5-19(16)30(27,28)25-20/h2-12H,1H3,(H,23,25)(H,24,26). The van der Waals surface area contributed by atoms with Crippen LogP contribution in [0.1, 0.15) is 15.9 Å². The van der Waals surface area contributed by atoms with Gasteiger partial charge in [0.2, 0.25) is 0 Å². The highest BCUT2D eigenvalue weighted by molar-refractivity contribution is 7.90. The maximum atomic E-state index is 12.5. The molecule has 9 heteroatoms. The molecule has 0 fully saturated rings. The maximum absolute atomic E-state index is 12.5. The normalized spacial score (nSPS) is 13.9. The van der Waals surface area contributed by atoms with Crippen LogP contribution in [0.5, 0.6) is 5.75 Å². The quantitative estimate of drug-likeness (QED) is 0.633. The number of fused-ring (bicyclic) bond motifs is 1. The first kappa shape index (κ1) is 19.9. The molecule has 0 bridgehead atoms. The van der Waals surface area contributed by atoms with Gasteiger partial charge in [0, 0.05) is 22.5 Å². The predicted molar refractivity (Wildman–Crippen MR) is 116 cm³/mol. The third-order valence-electron chi connectivity index (χ3n) is 4.45. The van der Waals surface area contributed by atoms with Crippen LogP contribution < -0.4 is 15.4 Å². The zero-order valence-electron chi connectivity index (χ0n) is 15.7. The molecule has 0 spiro atoms. The van der Waals surface area contributed by atoms with E-state index in [9.17, 15) is 13.2 Å². The fraction of sp³-hybridized carbons (Fsp3) is 0.0476. The largest absolute Gasteiger partial charge is 0.495 e. The van der Waals surface area contributed by atoms with E-state index in [1.165, 1.54) is 13.2 Å². The number of hydrogen-bond donors (Lipinski definition) is 2. The molecule has 7 nitrogen and oxygen atoms in total. The van der Waals surface area contributed by atoms with Crippen molar-refractivity contribution in [1.29, 1.82) is 0 Å². The molecular weight excluding hydrogens is 426 g/mol. The molecule has 0 radical (unpaired) electrons. The van der Waals surface area contributed by atoms with Crippen LogP contribution in [-0.4, -0.2) is 27.3 Å². The number of amidine groups is 1. The third kappa shape index (κ3) is 3.87. The highest BCUT2D eigenvalue weighted by Gasteiger charge is 2.28. The van der Waals surface area contributed by atoms with Crippen molar-refractivity contribution >= 4 is 44.7 Å². The summed E-state index contributed by atoms with van der Waals surface area (Å²) in [6.45, 7) is 0. The SMILES string of the molecule is COc1ccc(NC(=O)c2ccc(NC3=NS(=O)(=O)c4ccccc43)cc2)cc1Cl. The van der Waals surface area contributed by atoms with Crippen molar-refractivity contribution in [2.45, 2.75) is 4.90 Å². The number of amides is 1. The molecule has 0 aromatic heterocycles. The van der Waals surface area contributed by atoms with E-state index in [0.717, 1.165) is 0 Å². The fourth-order valence-corrected chi connectivity index (χ4v) is 4.42. The molecule has 4 rings (SSSR count). The first-order chi connectivity index (χ1) is 14.4. The zero-order valence-corrected chi connectivity index (χ0v) is 17.3. The van der Waals surface area contributed by atoms with Crippen molar-refractivity contribution in [3.05, 3.63) is 82.9 Å². The number of sulfonamides is 1. The number of nitrogens with zero attached hydrogens (tertiary/aromatic N) is 1. The minimum absolute atomic E-state index is 0.168. The molecule has 152 valence electrons. The van der Waals surface area contributed by atoms with Gasteiger partial charge >= 0.3 is 0 Å². The number of nitrogens with one attached hydrogen (secondary N) is 2. The smallest absolute Gasteiger partial charge is 0.285 e. The average Bonchev–Trinajstić information content (AvgIpc) is 2.99. The Balaban J connectivity index is 1.48. The number of carbonyl (C=O) groups is 1. The Hall–Kier alpha value is -3.36. The number of anilines is 2. The van der Waals surface area contributed by atoms with Crippen LogP contribution in [0.25, 0.3) is 0 Å². The summed E-state index contributed by atoms with van der Waals surface area (Å²) in [6, 6.07) is 18.1. The lowest BCUT2D eigenvalue weighted by atomic mass is 10.1. The molecule has 1 aliphatic rings. The van der Waals surface area contributed by atoms with Gasteiger partial charge in [-0.3, -0.25) is 4.79 Å². The van der Waals surface area contributed by atoms with Gasteiger partial charge in [0.25, 0.3) is 15.9 Å². The maximum Gasteiger partial charge on any atom is 0.285 e. The average molecular weight is 442 g/mol. The van der Waals surface area contributed by atoms with Crippen molar-refractivity contribution in [1.82, 2.24) is 0 Å². The second kappa shape index (κ2) is 7.81. The summed E-state index contributed by atoms with van der Waals surface area (Å²) < 4.78 is 33.2. The summed E-state index contributed by atoms with van der Waals surface area (Å²) >= 11 is 6.08. The Morgan fingerprint density at radius 3 is 2.40 bits per heavy atom. The minimum Gasteiger partial charge on any atom is -0.495 e. The monoisotopic (exact) mass is 441 g/mol. The van der Waals surface area contributed by atoms with Gasteiger partial charge < -0.3 is 15.4 Å². The summed E-state index contributed by atoms with van der Waals surface area (Å²) in [5.41, 5.74) is 2.07. The molecule has 0 saturated heterocycles. The first-order valence-corrected chi connectivity index (χ1v) is 10.7. The van der Waals surface area contributed by atoms with E-state index < -0.39 is 10.0 Å². The minimum atomic E-state index is -3.70. The molecule has 3 aromatic rings. The summed E-state index contributed by atoms with van der Waals surface area (Å²) in [4.78, 5) is 12.6. The van der Waals surface area contributed by atoms with Crippen LogP contribution in [0, 0.1) is 0 Å². The van der Waals surface area contributed by atoms with Crippen LogP contribution in [0.3, 0.4) is 0 Å². The first-order valence-electron chi connectivity index (χ1n) is 8.84. The molecule has 3 aromatic carbocycles. The third-order valence-corrected chi connectivity index (χ3v) is 6.08. The molecule has 1 amide bonds.